The fourth-order valence-electron chi connectivity index (χ4n) is 2.58. The minimum Gasteiger partial charge on any atom is -0.333 e. The highest BCUT2D eigenvalue weighted by atomic mass is 16.2. The van der Waals surface area contributed by atoms with Gasteiger partial charge < -0.3 is 10.2 Å². The molecule has 0 fully saturated rings. The van der Waals surface area contributed by atoms with E-state index >= 15 is 0 Å². The summed E-state index contributed by atoms with van der Waals surface area (Å²) in [6.45, 7) is 6.57. The largest absolute Gasteiger partial charge is 0.333 e. The Morgan fingerprint density at radius 3 is 2.38 bits per heavy atom. The molecule has 1 unspecified atom stereocenters. The Bertz CT molecular complexity index is 735. The van der Waals surface area contributed by atoms with Crippen LogP contribution in [0.15, 0.2) is 42.5 Å². The number of benzene rings is 2. The fraction of sp³-hybridized carbons (Fsp3) is 0.368. The highest BCUT2D eigenvalue weighted by Gasteiger charge is 2.17. The SMILES string of the molecule is C[NH+](CC(=O)NC(=O)NC(C)(C)C)Cc1ccc2ccccc2c1. The van der Waals surface area contributed by atoms with Crippen molar-refractivity contribution in [3.8, 4) is 0 Å². The third-order valence-electron chi connectivity index (χ3n) is 3.52. The van der Waals surface area contributed by atoms with Crippen LogP contribution >= 0.6 is 0 Å². The number of urea groups is 1. The lowest BCUT2D eigenvalue weighted by Gasteiger charge is -2.20. The monoisotopic (exact) mass is 328 g/mol. The molecule has 1 atom stereocenters. The Morgan fingerprint density at radius 2 is 1.71 bits per heavy atom. The Labute approximate surface area is 143 Å². The lowest BCUT2D eigenvalue weighted by molar-refractivity contribution is -0.885. The van der Waals surface area contributed by atoms with Crippen molar-refractivity contribution in [2.24, 2.45) is 0 Å². The fourth-order valence-corrected chi connectivity index (χ4v) is 2.58. The number of imide groups is 1. The van der Waals surface area contributed by atoms with Gasteiger partial charge in [0.25, 0.3) is 5.91 Å². The Kier molecular flexibility index (Phi) is 5.57. The number of rotatable bonds is 4. The van der Waals surface area contributed by atoms with Gasteiger partial charge in [-0.15, -0.1) is 0 Å². The van der Waals surface area contributed by atoms with E-state index in [9.17, 15) is 9.59 Å². The van der Waals surface area contributed by atoms with Crippen molar-refractivity contribution >= 4 is 22.7 Å². The molecular formula is C19H26N3O2+. The van der Waals surface area contributed by atoms with E-state index in [0.29, 0.717) is 0 Å². The predicted octanol–water partition coefficient (Wildman–Crippen LogP) is 1.48. The molecule has 0 aliphatic heterocycles. The van der Waals surface area contributed by atoms with Gasteiger partial charge in [0.2, 0.25) is 0 Å². The zero-order valence-electron chi connectivity index (χ0n) is 14.8. The van der Waals surface area contributed by atoms with Gasteiger partial charge in [-0.05, 0) is 37.6 Å². The van der Waals surface area contributed by atoms with Crippen LogP contribution < -0.4 is 15.5 Å². The van der Waals surface area contributed by atoms with Crippen LogP contribution in [-0.4, -0.2) is 31.1 Å². The van der Waals surface area contributed by atoms with Crippen molar-refractivity contribution in [3.63, 3.8) is 0 Å². The molecule has 0 aliphatic carbocycles. The van der Waals surface area contributed by atoms with Crippen molar-refractivity contribution in [3.05, 3.63) is 48.0 Å². The summed E-state index contributed by atoms with van der Waals surface area (Å²) in [5, 5.41) is 7.48. The van der Waals surface area contributed by atoms with Gasteiger partial charge in [-0.25, -0.2) is 4.79 Å². The number of quaternary nitrogens is 1. The summed E-state index contributed by atoms with van der Waals surface area (Å²) in [7, 11) is 1.94. The summed E-state index contributed by atoms with van der Waals surface area (Å²) < 4.78 is 0. The second-order valence-electron chi connectivity index (χ2n) is 7.24. The molecule has 2 aromatic rings. The summed E-state index contributed by atoms with van der Waals surface area (Å²) in [5.41, 5.74) is 0.798. The number of likely N-dealkylation sites (N-methyl/N-ethyl adjacent to an activating group) is 1. The second kappa shape index (κ2) is 7.45. The molecule has 0 saturated carbocycles. The first-order chi connectivity index (χ1) is 11.2. The topological polar surface area (TPSA) is 62.6 Å². The van der Waals surface area contributed by atoms with Crippen LogP contribution in [0.5, 0.6) is 0 Å². The minimum atomic E-state index is -0.453. The van der Waals surface area contributed by atoms with E-state index in [1.807, 2.05) is 40.0 Å². The van der Waals surface area contributed by atoms with Crippen molar-refractivity contribution < 1.29 is 14.5 Å². The van der Waals surface area contributed by atoms with Crippen LogP contribution in [0.25, 0.3) is 10.8 Å². The van der Waals surface area contributed by atoms with E-state index in [-0.39, 0.29) is 18.0 Å². The maximum absolute atomic E-state index is 12.0. The third-order valence-corrected chi connectivity index (χ3v) is 3.52. The van der Waals surface area contributed by atoms with Crippen LogP contribution in [-0.2, 0) is 11.3 Å². The number of carbonyl (C=O) groups is 2. The number of amides is 3. The van der Waals surface area contributed by atoms with Crippen molar-refractivity contribution in [1.29, 1.82) is 0 Å². The van der Waals surface area contributed by atoms with Crippen molar-refractivity contribution in [2.45, 2.75) is 32.9 Å². The van der Waals surface area contributed by atoms with E-state index in [1.54, 1.807) is 0 Å². The molecule has 0 radical (unpaired) electrons. The first-order valence-corrected chi connectivity index (χ1v) is 8.14. The molecule has 0 spiro atoms. The molecule has 3 amide bonds. The van der Waals surface area contributed by atoms with Gasteiger partial charge in [0, 0.05) is 11.1 Å². The number of carbonyl (C=O) groups excluding carboxylic acids is 2. The Morgan fingerprint density at radius 1 is 1.04 bits per heavy atom. The van der Waals surface area contributed by atoms with Gasteiger partial charge in [-0.1, -0.05) is 36.4 Å². The van der Waals surface area contributed by atoms with E-state index in [4.69, 9.17) is 0 Å². The number of fused-ring (bicyclic) bond motifs is 1. The number of hydrogen-bond acceptors (Lipinski definition) is 2. The molecule has 5 nitrogen and oxygen atoms in total. The average Bonchev–Trinajstić information content (AvgIpc) is 2.44. The maximum Gasteiger partial charge on any atom is 0.322 e. The maximum atomic E-state index is 12.0. The van der Waals surface area contributed by atoms with Crippen LogP contribution in [0.1, 0.15) is 26.3 Å². The summed E-state index contributed by atoms with van der Waals surface area (Å²) in [4.78, 5) is 24.7. The lowest BCUT2D eigenvalue weighted by atomic mass is 10.1. The molecule has 128 valence electrons. The normalized spacial score (nSPS) is 12.7. The zero-order chi connectivity index (χ0) is 17.7. The van der Waals surface area contributed by atoms with Crippen molar-refractivity contribution in [1.82, 2.24) is 10.6 Å². The first kappa shape index (κ1) is 17.9. The Balaban J connectivity index is 1.88. The summed E-state index contributed by atoms with van der Waals surface area (Å²) >= 11 is 0. The van der Waals surface area contributed by atoms with Gasteiger partial charge >= 0.3 is 6.03 Å². The smallest absolute Gasteiger partial charge is 0.322 e. The van der Waals surface area contributed by atoms with E-state index in [1.165, 1.54) is 10.8 Å². The molecule has 0 aliphatic rings. The van der Waals surface area contributed by atoms with Gasteiger partial charge in [-0.2, -0.15) is 0 Å². The zero-order valence-corrected chi connectivity index (χ0v) is 14.8. The molecule has 0 aromatic heterocycles. The lowest BCUT2D eigenvalue weighted by Crippen LogP contribution is -3.09. The Hall–Kier alpha value is -2.40. The van der Waals surface area contributed by atoms with E-state index in [0.717, 1.165) is 17.0 Å². The molecule has 5 heteroatoms. The predicted molar refractivity (Wildman–Crippen MR) is 95.8 cm³/mol. The van der Waals surface area contributed by atoms with Gasteiger partial charge in [0.1, 0.15) is 6.54 Å². The summed E-state index contributed by atoms with van der Waals surface area (Å²) in [6, 6.07) is 14.1. The van der Waals surface area contributed by atoms with Gasteiger partial charge in [0.05, 0.1) is 7.05 Å². The molecule has 2 aromatic carbocycles. The second-order valence-corrected chi connectivity index (χ2v) is 7.24. The first-order valence-electron chi connectivity index (χ1n) is 8.14. The van der Waals surface area contributed by atoms with E-state index in [2.05, 4.69) is 41.0 Å². The quantitative estimate of drug-likeness (QED) is 0.796. The standard InChI is InChI=1S/C19H25N3O2/c1-19(2,3)21-18(24)20-17(23)13-22(4)12-14-9-10-15-7-5-6-8-16(15)11-14/h5-11H,12-13H2,1-4H3,(H2,20,21,23,24)/p+1. The van der Waals surface area contributed by atoms with E-state index < -0.39 is 6.03 Å². The average molecular weight is 328 g/mol. The molecule has 0 saturated heterocycles. The third kappa shape index (κ3) is 5.66. The minimum absolute atomic E-state index is 0.240. The van der Waals surface area contributed by atoms with Crippen LogP contribution in [0.3, 0.4) is 0 Å². The molecule has 2 rings (SSSR count). The van der Waals surface area contributed by atoms with Crippen LogP contribution in [0, 0.1) is 0 Å². The molecule has 24 heavy (non-hydrogen) atoms. The highest BCUT2D eigenvalue weighted by molar-refractivity contribution is 5.95. The molecule has 0 bridgehead atoms. The molecule has 0 heterocycles. The highest BCUT2D eigenvalue weighted by Crippen LogP contribution is 2.14. The number of hydrogen-bond donors (Lipinski definition) is 3. The summed E-state index contributed by atoms with van der Waals surface area (Å²) in [6.07, 6.45) is 0. The van der Waals surface area contributed by atoms with Crippen LogP contribution in [0.4, 0.5) is 4.79 Å². The van der Waals surface area contributed by atoms with Gasteiger partial charge in [-0.3, -0.25) is 10.1 Å². The molecule has 3 N–H and O–H groups in total. The van der Waals surface area contributed by atoms with Crippen LogP contribution in [0.2, 0.25) is 0 Å². The summed E-state index contributed by atoms with van der Waals surface area (Å²) in [5.74, 6) is -0.282. The number of nitrogens with one attached hydrogen (secondary N) is 3. The van der Waals surface area contributed by atoms with Gasteiger partial charge in [0.15, 0.2) is 6.54 Å². The molecular weight excluding hydrogens is 302 g/mol. The van der Waals surface area contributed by atoms with Crippen molar-refractivity contribution in [2.75, 3.05) is 13.6 Å².